The van der Waals surface area contributed by atoms with Gasteiger partial charge in [0.1, 0.15) is 17.2 Å². The summed E-state index contributed by atoms with van der Waals surface area (Å²) in [6.45, 7) is 5.43. The Hall–Kier alpha value is -4.04. The molecule has 1 saturated heterocycles. The monoisotopic (exact) mass is 523 g/mol. The zero-order valence-corrected chi connectivity index (χ0v) is 22.3. The molecule has 8 nitrogen and oxygen atoms in total. The Labute approximate surface area is 228 Å². The lowest BCUT2D eigenvalue weighted by molar-refractivity contribution is 0.0932. The maximum atomic E-state index is 13.6. The first-order chi connectivity index (χ1) is 19.1. The number of aromatic nitrogens is 3. The number of hydrogen-bond donors (Lipinski definition) is 1. The van der Waals surface area contributed by atoms with Crippen LogP contribution in [0.1, 0.15) is 35.9 Å². The van der Waals surface area contributed by atoms with Crippen LogP contribution >= 0.6 is 0 Å². The van der Waals surface area contributed by atoms with E-state index in [2.05, 4.69) is 15.2 Å². The third kappa shape index (κ3) is 5.43. The molecule has 1 unspecified atom stereocenters. The van der Waals surface area contributed by atoms with Crippen molar-refractivity contribution in [2.75, 3.05) is 26.8 Å². The van der Waals surface area contributed by atoms with Gasteiger partial charge in [-0.3, -0.25) is 14.7 Å². The summed E-state index contributed by atoms with van der Waals surface area (Å²) in [6, 6.07) is 19.4. The normalized spacial score (nSPS) is 20.6. The molecule has 1 aliphatic carbocycles. The first-order valence-electron chi connectivity index (χ1n) is 13.6. The van der Waals surface area contributed by atoms with Crippen molar-refractivity contribution in [3.63, 3.8) is 0 Å². The molecular weight excluding hydrogens is 490 g/mol. The highest BCUT2D eigenvalue weighted by molar-refractivity contribution is 6.05. The number of methoxy groups -OCH3 is 1. The van der Waals surface area contributed by atoms with E-state index in [0.29, 0.717) is 30.0 Å². The zero-order chi connectivity index (χ0) is 26.8. The summed E-state index contributed by atoms with van der Waals surface area (Å²) in [5.41, 5.74) is 3.05. The standard InChI is InChI=1S/C31H33N5O3/c1-3-39-25-10-8-20(9-11-25)30-34-28-7-5-4-6-27(28)29(35-30)31(37)33-23-14-21-17-36(18-22(21)15-23)19-24-16-26(38-2)12-13-32-24/h4-13,16,21-23H,3,14-15,17-19H2,1-2H3,(H,33,37)/t21-,22+,23?. The van der Waals surface area contributed by atoms with Gasteiger partial charge in [-0.2, -0.15) is 0 Å². The number of nitrogens with zero attached hydrogens (tertiary/aromatic N) is 4. The molecule has 1 aliphatic heterocycles. The van der Waals surface area contributed by atoms with E-state index >= 15 is 0 Å². The van der Waals surface area contributed by atoms with E-state index in [-0.39, 0.29) is 11.9 Å². The lowest BCUT2D eigenvalue weighted by Crippen LogP contribution is -2.35. The fourth-order valence-corrected chi connectivity index (χ4v) is 6.04. The number of fused-ring (bicyclic) bond motifs is 2. The van der Waals surface area contributed by atoms with Gasteiger partial charge < -0.3 is 14.8 Å². The van der Waals surface area contributed by atoms with Crippen LogP contribution in [0.25, 0.3) is 22.3 Å². The van der Waals surface area contributed by atoms with Crippen molar-refractivity contribution >= 4 is 16.8 Å². The average molecular weight is 524 g/mol. The number of rotatable bonds is 8. The van der Waals surface area contributed by atoms with Crippen molar-refractivity contribution in [3.8, 4) is 22.9 Å². The highest BCUT2D eigenvalue weighted by atomic mass is 16.5. The van der Waals surface area contributed by atoms with Crippen molar-refractivity contribution < 1.29 is 14.3 Å². The number of likely N-dealkylation sites (tertiary alicyclic amines) is 1. The largest absolute Gasteiger partial charge is 0.497 e. The Morgan fingerprint density at radius 1 is 1.00 bits per heavy atom. The van der Waals surface area contributed by atoms with E-state index in [1.807, 2.05) is 67.6 Å². The third-order valence-corrected chi connectivity index (χ3v) is 7.81. The molecule has 2 aromatic heterocycles. The fraction of sp³-hybridized carbons (Fsp3) is 0.355. The number of hydrogen-bond acceptors (Lipinski definition) is 7. The number of benzene rings is 2. The van der Waals surface area contributed by atoms with Gasteiger partial charge in [0.25, 0.3) is 5.91 Å². The van der Waals surface area contributed by atoms with Crippen LogP contribution in [0, 0.1) is 11.8 Å². The van der Waals surface area contributed by atoms with Crippen molar-refractivity contribution in [2.24, 2.45) is 11.8 Å². The minimum Gasteiger partial charge on any atom is -0.497 e. The van der Waals surface area contributed by atoms with Crippen LogP contribution in [-0.4, -0.2) is 58.6 Å². The van der Waals surface area contributed by atoms with E-state index in [4.69, 9.17) is 19.4 Å². The number of carbonyl (C=O) groups excluding carboxylic acids is 1. The summed E-state index contributed by atoms with van der Waals surface area (Å²) in [6.07, 6.45) is 3.76. The van der Waals surface area contributed by atoms with Crippen LogP contribution in [0.3, 0.4) is 0 Å². The summed E-state index contributed by atoms with van der Waals surface area (Å²) in [5, 5.41) is 4.07. The maximum absolute atomic E-state index is 13.6. The van der Waals surface area contributed by atoms with Crippen LogP contribution in [0.2, 0.25) is 0 Å². The zero-order valence-electron chi connectivity index (χ0n) is 22.3. The van der Waals surface area contributed by atoms with E-state index in [0.717, 1.165) is 66.1 Å². The van der Waals surface area contributed by atoms with Gasteiger partial charge in [-0.05, 0) is 68.0 Å². The summed E-state index contributed by atoms with van der Waals surface area (Å²) in [5.74, 6) is 3.18. The van der Waals surface area contributed by atoms with Crippen LogP contribution in [0.4, 0.5) is 0 Å². The van der Waals surface area contributed by atoms with Crippen molar-refractivity contribution in [3.05, 3.63) is 78.2 Å². The quantitative estimate of drug-likeness (QED) is 0.357. The Morgan fingerprint density at radius 3 is 2.51 bits per heavy atom. The molecule has 2 aromatic carbocycles. The predicted molar refractivity (Wildman–Crippen MR) is 150 cm³/mol. The Balaban J connectivity index is 1.14. The summed E-state index contributed by atoms with van der Waals surface area (Å²) in [7, 11) is 1.68. The number of para-hydroxylation sites is 1. The smallest absolute Gasteiger partial charge is 0.270 e. The molecule has 0 radical (unpaired) electrons. The van der Waals surface area contributed by atoms with Gasteiger partial charge in [-0.25, -0.2) is 9.97 Å². The van der Waals surface area contributed by atoms with Gasteiger partial charge in [-0.15, -0.1) is 0 Å². The molecule has 200 valence electrons. The third-order valence-electron chi connectivity index (χ3n) is 7.81. The molecule has 1 saturated carbocycles. The molecule has 1 amide bonds. The minimum atomic E-state index is -0.136. The molecule has 0 bridgehead atoms. The van der Waals surface area contributed by atoms with Gasteiger partial charge in [0.05, 0.1) is 24.9 Å². The van der Waals surface area contributed by atoms with Crippen molar-refractivity contribution in [2.45, 2.75) is 32.4 Å². The Bertz CT molecular complexity index is 1460. The SMILES string of the molecule is CCOc1ccc(-c2nc(C(=O)NC3C[C@@H]4CN(Cc5cc(OC)ccn5)C[C@@H]4C3)c3ccccc3n2)cc1. The van der Waals surface area contributed by atoms with Gasteiger partial charge in [0.15, 0.2) is 5.82 Å². The lowest BCUT2D eigenvalue weighted by Gasteiger charge is -2.19. The molecular formula is C31H33N5O3. The first kappa shape index (κ1) is 25.2. The Kier molecular flexibility index (Phi) is 7.11. The fourth-order valence-electron chi connectivity index (χ4n) is 6.04. The summed E-state index contributed by atoms with van der Waals surface area (Å²) < 4.78 is 10.9. The summed E-state index contributed by atoms with van der Waals surface area (Å²) >= 11 is 0. The molecule has 4 aromatic rings. The van der Waals surface area contributed by atoms with Crippen molar-refractivity contribution in [1.82, 2.24) is 25.2 Å². The van der Waals surface area contributed by atoms with E-state index in [1.54, 1.807) is 13.3 Å². The molecule has 3 atom stereocenters. The highest BCUT2D eigenvalue weighted by Crippen LogP contribution is 2.39. The minimum absolute atomic E-state index is 0.136. The van der Waals surface area contributed by atoms with Crippen LogP contribution in [-0.2, 0) is 6.54 Å². The molecule has 6 rings (SSSR count). The average Bonchev–Trinajstić information content (AvgIpc) is 3.51. The predicted octanol–water partition coefficient (Wildman–Crippen LogP) is 4.74. The molecule has 3 heterocycles. The second-order valence-corrected chi connectivity index (χ2v) is 10.4. The number of amides is 1. The van der Waals surface area contributed by atoms with Gasteiger partial charge in [0, 0.05) is 48.9 Å². The summed E-state index contributed by atoms with van der Waals surface area (Å²) in [4.78, 5) is 30.0. The lowest BCUT2D eigenvalue weighted by atomic mass is 10.0. The van der Waals surface area contributed by atoms with Gasteiger partial charge >= 0.3 is 0 Å². The van der Waals surface area contributed by atoms with Gasteiger partial charge in [0.2, 0.25) is 0 Å². The number of nitrogens with one attached hydrogen (secondary N) is 1. The number of ether oxygens (including phenoxy) is 2. The second-order valence-electron chi connectivity index (χ2n) is 10.4. The first-order valence-corrected chi connectivity index (χ1v) is 13.6. The van der Waals surface area contributed by atoms with E-state index in [1.165, 1.54) is 0 Å². The van der Waals surface area contributed by atoms with E-state index in [9.17, 15) is 4.79 Å². The van der Waals surface area contributed by atoms with Crippen LogP contribution in [0.15, 0.2) is 66.9 Å². The van der Waals surface area contributed by atoms with Crippen LogP contribution < -0.4 is 14.8 Å². The van der Waals surface area contributed by atoms with E-state index < -0.39 is 0 Å². The second kappa shape index (κ2) is 11.0. The molecule has 8 heteroatoms. The molecule has 39 heavy (non-hydrogen) atoms. The Morgan fingerprint density at radius 2 is 1.77 bits per heavy atom. The van der Waals surface area contributed by atoms with Crippen LogP contribution in [0.5, 0.6) is 11.5 Å². The molecule has 0 spiro atoms. The van der Waals surface area contributed by atoms with Gasteiger partial charge in [-0.1, -0.05) is 18.2 Å². The molecule has 1 N–H and O–H groups in total. The van der Waals surface area contributed by atoms with Crippen molar-refractivity contribution in [1.29, 1.82) is 0 Å². The topological polar surface area (TPSA) is 89.5 Å². The highest BCUT2D eigenvalue weighted by Gasteiger charge is 2.41. The number of carbonyl (C=O) groups is 1. The molecule has 2 fully saturated rings. The molecule has 2 aliphatic rings. The number of pyridine rings is 1. The maximum Gasteiger partial charge on any atom is 0.270 e.